The van der Waals surface area contributed by atoms with Crippen LogP contribution in [-0.2, 0) is 11.3 Å². The maximum absolute atomic E-state index is 12.4. The van der Waals surface area contributed by atoms with Crippen LogP contribution in [0.4, 0.5) is 16.6 Å². The van der Waals surface area contributed by atoms with Crippen LogP contribution in [0.1, 0.15) is 27.2 Å². The highest BCUT2D eigenvalue weighted by molar-refractivity contribution is 5.99. The van der Waals surface area contributed by atoms with E-state index in [4.69, 9.17) is 25.7 Å². The van der Waals surface area contributed by atoms with Crippen molar-refractivity contribution in [2.45, 2.75) is 39.3 Å². The van der Waals surface area contributed by atoms with Crippen molar-refractivity contribution in [1.29, 1.82) is 0 Å². The zero-order valence-corrected chi connectivity index (χ0v) is 18.8. The molecule has 0 spiro atoms. The maximum Gasteiger partial charge on any atom is 0.410 e. The van der Waals surface area contributed by atoms with Crippen LogP contribution in [0.2, 0.25) is 0 Å². The summed E-state index contributed by atoms with van der Waals surface area (Å²) < 4.78 is 12.8. The van der Waals surface area contributed by atoms with Crippen LogP contribution in [0, 0.1) is 5.92 Å². The molecule has 4 aromatic rings. The first kappa shape index (κ1) is 21.0. The van der Waals surface area contributed by atoms with Gasteiger partial charge in [0.05, 0.1) is 5.39 Å². The number of carbonyl (C=O) groups excluding carboxylic acids is 1. The Balaban J connectivity index is 1.40. The lowest BCUT2D eigenvalue weighted by molar-refractivity contribution is -0.0136. The van der Waals surface area contributed by atoms with Gasteiger partial charge in [-0.1, -0.05) is 6.92 Å². The third kappa shape index (κ3) is 3.79. The van der Waals surface area contributed by atoms with Crippen LogP contribution in [0.5, 0.6) is 0 Å². The molecule has 11 nitrogen and oxygen atoms in total. The molecule has 11 heteroatoms. The fourth-order valence-corrected chi connectivity index (χ4v) is 3.90. The Hall–Kier alpha value is -3.89. The number of carbonyl (C=O) groups is 1. The lowest BCUT2D eigenvalue weighted by Gasteiger charge is -2.40. The third-order valence-electron chi connectivity index (χ3n) is 6.10. The van der Waals surface area contributed by atoms with Gasteiger partial charge in [-0.05, 0) is 38.5 Å². The fourth-order valence-electron chi connectivity index (χ4n) is 3.90. The van der Waals surface area contributed by atoms with E-state index in [0.717, 1.165) is 12.0 Å². The molecular weight excluding hydrogens is 424 g/mol. The molecule has 1 aromatic carbocycles. The molecule has 0 unspecified atom stereocenters. The van der Waals surface area contributed by atoms with Crippen molar-refractivity contribution in [3.8, 4) is 11.3 Å². The van der Waals surface area contributed by atoms with Gasteiger partial charge >= 0.3 is 6.09 Å². The number of fused-ring (bicyclic) bond motifs is 2. The monoisotopic (exact) mass is 450 g/mol. The van der Waals surface area contributed by atoms with Gasteiger partial charge in [-0.2, -0.15) is 10.1 Å². The summed E-state index contributed by atoms with van der Waals surface area (Å²) in [6.45, 7) is 7.60. The van der Waals surface area contributed by atoms with Crippen LogP contribution >= 0.6 is 0 Å². The number of nitrogen functional groups attached to an aromatic ring is 2. The zero-order chi connectivity index (χ0) is 23.3. The molecule has 0 atom stereocenters. The van der Waals surface area contributed by atoms with Crippen LogP contribution in [0.3, 0.4) is 0 Å². The zero-order valence-electron chi connectivity index (χ0n) is 18.8. The number of amides is 1. The van der Waals surface area contributed by atoms with Crippen molar-refractivity contribution in [2.75, 3.05) is 24.6 Å². The smallest absolute Gasteiger partial charge is 0.410 e. The molecule has 1 amide bonds. The molecule has 4 N–H and O–H groups in total. The van der Waals surface area contributed by atoms with Gasteiger partial charge in [-0.15, -0.1) is 0 Å². The number of benzene rings is 1. The lowest BCUT2D eigenvalue weighted by Crippen LogP contribution is -2.53. The molecule has 0 radical (unpaired) electrons. The molecule has 0 bridgehead atoms. The van der Waals surface area contributed by atoms with Crippen LogP contribution in [0.25, 0.3) is 33.4 Å². The maximum atomic E-state index is 12.4. The SMILES string of the molecule is CCC(C)(C)OC(=O)N1CC(Cn2nc(-c3ccc4oc(N)nc4c3)c3c(N)ncnc32)C1. The van der Waals surface area contributed by atoms with Gasteiger partial charge in [0.2, 0.25) is 0 Å². The molecule has 0 saturated carbocycles. The molecular formula is C22H26N8O3. The molecule has 1 aliphatic rings. The van der Waals surface area contributed by atoms with E-state index in [0.29, 0.717) is 53.3 Å². The Bertz CT molecular complexity index is 1350. The van der Waals surface area contributed by atoms with Gasteiger partial charge in [0.1, 0.15) is 29.0 Å². The number of hydrogen-bond donors (Lipinski definition) is 2. The average Bonchev–Trinajstić information content (AvgIpc) is 3.29. The Labute approximate surface area is 189 Å². The van der Waals surface area contributed by atoms with Gasteiger partial charge in [0.25, 0.3) is 6.01 Å². The minimum atomic E-state index is -0.473. The van der Waals surface area contributed by atoms with E-state index >= 15 is 0 Å². The van der Waals surface area contributed by atoms with Crippen molar-refractivity contribution < 1.29 is 13.9 Å². The molecule has 1 aliphatic heterocycles. The van der Waals surface area contributed by atoms with Crippen molar-refractivity contribution in [2.24, 2.45) is 5.92 Å². The number of ether oxygens (including phenoxy) is 1. The molecule has 1 fully saturated rings. The van der Waals surface area contributed by atoms with Crippen LogP contribution < -0.4 is 11.5 Å². The highest BCUT2D eigenvalue weighted by atomic mass is 16.6. The molecule has 1 saturated heterocycles. The Morgan fingerprint density at radius 1 is 1.27 bits per heavy atom. The highest BCUT2D eigenvalue weighted by Crippen LogP contribution is 2.33. The standard InChI is InChI=1S/C22H26N8O3/c1-4-22(2,3)33-21(31)29-8-12(9-29)10-30-19-16(18(23)25-11-26-19)17(28-30)13-5-6-15-14(7-13)27-20(24)32-15/h5-7,11-12H,4,8-10H2,1-3H3,(H2,24,27)(H2,23,25,26). The van der Waals surface area contributed by atoms with Gasteiger partial charge in [0, 0.05) is 31.1 Å². The number of likely N-dealkylation sites (tertiary alicyclic amines) is 1. The molecule has 33 heavy (non-hydrogen) atoms. The van der Waals surface area contributed by atoms with Crippen LogP contribution in [0.15, 0.2) is 28.9 Å². The van der Waals surface area contributed by atoms with Crippen molar-refractivity contribution in [3.63, 3.8) is 0 Å². The summed E-state index contributed by atoms with van der Waals surface area (Å²) in [7, 11) is 0. The van der Waals surface area contributed by atoms with Gasteiger partial charge < -0.3 is 25.5 Å². The number of aromatic nitrogens is 5. The first-order valence-electron chi connectivity index (χ1n) is 10.9. The number of nitrogens with zero attached hydrogens (tertiary/aromatic N) is 6. The molecule has 0 aliphatic carbocycles. The fraction of sp³-hybridized carbons (Fsp3) is 0.409. The van der Waals surface area contributed by atoms with Crippen molar-refractivity contribution >= 4 is 40.1 Å². The highest BCUT2D eigenvalue weighted by Gasteiger charge is 2.35. The van der Waals surface area contributed by atoms with E-state index < -0.39 is 5.60 Å². The lowest BCUT2D eigenvalue weighted by atomic mass is 10.0. The number of nitrogens with two attached hydrogens (primary N) is 2. The summed E-state index contributed by atoms with van der Waals surface area (Å²) >= 11 is 0. The van der Waals surface area contributed by atoms with Gasteiger partial charge in [-0.3, -0.25) is 0 Å². The van der Waals surface area contributed by atoms with E-state index in [1.807, 2.05) is 37.6 Å². The largest absolute Gasteiger partial charge is 0.443 e. The van der Waals surface area contributed by atoms with E-state index in [1.54, 1.807) is 11.0 Å². The summed E-state index contributed by atoms with van der Waals surface area (Å²) in [5, 5.41) is 5.48. The predicted molar refractivity (Wildman–Crippen MR) is 123 cm³/mol. The molecule has 3 aromatic heterocycles. The minimum Gasteiger partial charge on any atom is -0.443 e. The summed E-state index contributed by atoms with van der Waals surface area (Å²) in [5.74, 6) is 0.578. The van der Waals surface area contributed by atoms with E-state index in [-0.39, 0.29) is 18.0 Å². The quantitative estimate of drug-likeness (QED) is 0.467. The normalized spacial score (nSPS) is 14.7. The second-order valence-corrected chi connectivity index (χ2v) is 8.98. The Morgan fingerprint density at radius 3 is 2.82 bits per heavy atom. The van der Waals surface area contributed by atoms with E-state index in [2.05, 4.69) is 15.0 Å². The minimum absolute atomic E-state index is 0.107. The second kappa shape index (κ2) is 7.61. The number of oxazole rings is 1. The van der Waals surface area contributed by atoms with Crippen molar-refractivity contribution in [3.05, 3.63) is 24.5 Å². The van der Waals surface area contributed by atoms with Gasteiger partial charge in [-0.25, -0.2) is 19.4 Å². The Morgan fingerprint density at radius 2 is 2.06 bits per heavy atom. The second-order valence-electron chi connectivity index (χ2n) is 8.98. The summed E-state index contributed by atoms with van der Waals surface area (Å²) in [6, 6.07) is 5.63. The predicted octanol–water partition coefficient (Wildman–Crippen LogP) is 3.06. The van der Waals surface area contributed by atoms with Crippen LogP contribution in [-0.4, -0.2) is 54.4 Å². The summed E-state index contributed by atoms with van der Waals surface area (Å²) in [6.07, 6.45) is 1.90. The first-order valence-corrected chi connectivity index (χ1v) is 10.9. The number of hydrogen-bond acceptors (Lipinski definition) is 9. The number of rotatable bonds is 5. The summed E-state index contributed by atoms with van der Waals surface area (Å²) in [4.78, 5) is 26.9. The topological polar surface area (TPSA) is 151 Å². The Kier molecular flexibility index (Phi) is 4.84. The van der Waals surface area contributed by atoms with E-state index in [9.17, 15) is 4.79 Å². The first-order chi connectivity index (χ1) is 15.7. The summed E-state index contributed by atoms with van der Waals surface area (Å²) in [5.41, 5.74) is 14.7. The third-order valence-corrected chi connectivity index (χ3v) is 6.10. The van der Waals surface area contributed by atoms with Gasteiger partial charge in [0.15, 0.2) is 11.2 Å². The molecule has 4 heterocycles. The molecule has 5 rings (SSSR count). The molecule has 172 valence electrons. The number of anilines is 2. The average molecular weight is 451 g/mol. The van der Waals surface area contributed by atoms with E-state index in [1.165, 1.54) is 6.33 Å². The van der Waals surface area contributed by atoms with Crippen molar-refractivity contribution in [1.82, 2.24) is 29.6 Å².